The van der Waals surface area contributed by atoms with Crippen molar-refractivity contribution in [2.24, 2.45) is 5.92 Å². The molecule has 0 bridgehead atoms. The first-order valence-corrected chi connectivity index (χ1v) is 11.1. The Morgan fingerprint density at radius 2 is 1.84 bits per heavy atom. The van der Waals surface area contributed by atoms with Crippen LogP contribution in [0.2, 0.25) is 0 Å². The van der Waals surface area contributed by atoms with Crippen LogP contribution < -0.4 is 5.56 Å². The number of H-pyrrole nitrogens is 1. The van der Waals surface area contributed by atoms with Crippen molar-refractivity contribution in [1.29, 1.82) is 0 Å². The molecule has 1 N–H and O–H groups in total. The van der Waals surface area contributed by atoms with Crippen LogP contribution >= 0.6 is 12.2 Å². The van der Waals surface area contributed by atoms with Gasteiger partial charge in [-0.2, -0.15) is 0 Å². The molecule has 1 saturated heterocycles. The molecule has 3 aromatic rings. The summed E-state index contributed by atoms with van der Waals surface area (Å²) in [6, 6.07) is 13.2. The number of nitrogens with one attached hydrogen (secondary N) is 1. The molecule has 2 aromatic carbocycles. The number of piperidine rings is 1. The third-order valence-electron chi connectivity index (χ3n) is 6.23. The Morgan fingerprint density at radius 3 is 2.52 bits per heavy atom. The van der Waals surface area contributed by atoms with Gasteiger partial charge in [-0.1, -0.05) is 19.1 Å². The lowest BCUT2D eigenvalue weighted by molar-refractivity contribution is 0.0826. The van der Waals surface area contributed by atoms with E-state index in [1.807, 2.05) is 24.3 Å². The van der Waals surface area contributed by atoms with Gasteiger partial charge in [-0.15, -0.1) is 0 Å². The fourth-order valence-corrected chi connectivity index (χ4v) is 4.77. The summed E-state index contributed by atoms with van der Waals surface area (Å²) in [5.41, 5.74) is 1.26. The van der Waals surface area contributed by atoms with Crippen molar-refractivity contribution in [3.05, 3.63) is 75.0 Å². The number of ketones is 1. The van der Waals surface area contributed by atoms with E-state index < -0.39 is 0 Å². The van der Waals surface area contributed by atoms with Crippen molar-refractivity contribution in [3.63, 3.8) is 0 Å². The SMILES string of the molecule is CC[C@@H](CN1CCC(C(=O)c2ccc(F)cc2)CC1)n1c(=S)[nH]c2ccccc2c1=O. The number of nitrogens with zero attached hydrogens (tertiary/aromatic N) is 2. The molecule has 1 aliphatic heterocycles. The zero-order valence-corrected chi connectivity index (χ0v) is 18.3. The Labute approximate surface area is 185 Å². The van der Waals surface area contributed by atoms with E-state index in [-0.39, 0.29) is 29.1 Å². The lowest BCUT2D eigenvalue weighted by Crippen LogP contribution is -2.41. The summed E-state index contributed by atoms with van der Waals surface area (Å²) in [7, 11) is 0. The van der Waals surface area contributed by atoms with Crippen LogP contribution in [0.5, 0.6) is 0 Å². The third kappa shape index (κ3) is 4.52. The zero-order chi connectivity index (χ0) is 22.0. The maximum absolute atomic E-state index is 13.1. The predicted octanol–water partition coefficient (Wildman–Crippen LogP) is 4.74. The molecule has 0 saturated carbocycles. The second-order valence-electron chi connectivity index (χ2n) is 8.16. The van der Waals surface area contributed by atoms with Gasteiger partial charge in [0, 0.05) is 18.0 Å². The predicted molar refractivity (Wildman–Crippen MR) is 123 cm³/mol. The minimum Gasteiger partial charge on any atom is -0.332 e. The highest BCUT2D eigenvalue weighted by atomic mass is 32.1. The maximum atomic E-state index is 13.1. The summed E-state index contributed by atoms with van der Waals surface area (Å²) in [5, 5.41) is 0.637. The Balaban J connectivity index is 1.46. The van der Waals surface area contributed by atoms with Crippen LogP contribution in [-0.4, -0.2) is 39.9 Å². The Kier molecular flexibility index (Phi) is 6.43. The van der Waals surface area contributed by atoms with E-state index in [0.29, 0.717) is 22.3 Å². The topological polar surface area (TPSA) is 58.1 Å². The Hall–Kier alpha value is -2.64. The van der Waals surface area contributed by atoms with E-state index >= 15 is 0 Å². The van der Waals surface area contributed by atoms with Crippen molar-refractivity contribution in [2.75, 3.05) is 19.6 Å². The summed E-state index contributed by atoms with van der Waals surface area (Å²) in [4.78, 5) is 31.3. The summed E-state index contributed by atoms with van der Waals surface area (Å²) in [5.74, 6) is -0.299. The van der Waals surface area contributed by atoms with Crippen LogP contribution in [-0.2, 0) is 0 Å². The minimum atomic E-state index is -0.334. The molecule has 162 valence electrons. The number of hydrogen-bond acceptors (Lipinski definition) is 4. The first-order valence-electron chi connectivity index (χ1n) is 10.7. The molecule has 1 atom stereocenters. The van der Waals surface area contributed by atoms with Gasteiger partial charge in [0.1, 0.15) is 5.82 Å². The summed E-state index contributed by atoms with van der Waals surface area (Å²) in [6.45, 7) is 4.34. The number of aromatic nitrogens is 2. The van der Waals surface area contributed by atoms with Crippen molar-refractivity contribution in [1.82, 2.24) is 14.5 Å². The molecular weight excluding hydrogens is 413 g/mol. The molecule has 2 heterocycles. The molecular formula is C24H26FN3O2S. The molecule has 5 nitrogen and oxygen atoms in total. The van der Waals surface area contributed by atoms with E-state index in [4.69, 9.17) is 12.2 Å². The highest BCUT2D eigenvalue weighted by Gasteiger charge is 2.27. The lowest BCUT2D eigenvalue weighted by atomic mass is 9.88. The van der Waals surface area contributed by atoms with Gasteiger partial charge in [-0.3, -0.25) is 14.2 Å². The highest BCUT2D eigenvalue weighted by Crippen LogP contribution is 2.24. The molecule has 0 amide bonds. The number of carbonyl (C=O) groups is 1. The number of para-hydroxylation sites is 1. The van der Waals surface area contributed by atoms with Gasteiger partial charge in [-0.25, -0.2) is 4.39 Å². The van der Waals surface area contributed by atoms with Crippen LogP contribution in [0.1, 0.15) is 42.6 Å². The number of carbonyl (C=O) groups excluding carboxylic acids is 1. The van der Waals surface area contributed by atoms with Crippen LogP contribution in [0.15, 0.2) is 53.3 Å². The average molecular weight is 440 g/mol. The highest BCUT2D eigenvalue weighted by molar-refractivity contribution is 7.71. The Morgan fingerprint density at radius 1 is 1.16 bits per heavy atom. The molecule has 0 radical (unpaired) electrons. The van der Waals surface area contributed by atoms with Gasteiger partial charge in [0.15, 0.2) is 10.6 Å². The van der Waals surface area contributed by atoms with Crippen LogP contribution in [0, 0.1) is 16.5 Å². The second kappa shape index (κ2) is 9.24. The van der Waals surface area contributed by atoms with Crippen molar-refractivity contribution >= 4 is 28.9 Å². The van der Waals surface area contributed by atoms with Crippen molar-refractivity contribution in [3.8, 4) is 0 Å². The van der Waals surface area contributed by atoms with E-state index in [2.05, 4.69) is 16.8 Å². The number of Topliss-reactive ketones (excluding diaryl/α,β-unsaturated/α-hetero) is 1. The number of benzene rings is 2. The van der Waals surface area contributed by atoms with E-state index in [0.717, 1.165) is 37.9 Å². The fraction of sp³-hybridized carbons (Fsp3) is 0.375. The van der Waals surface area contributed by atoms with Gasteiger partial charge in [0.25, 0.3) is 5.56 Å². The summed E-state index contributed by atoms with van der Waals surface area (Å²) in [6.07, 6.45) is 2.29. The van der Waals surface area contributed by atoms with Crippen molar-refractivity contribution in [2.45, 2.75) is 32.2 Å². The largest absolute Gasteiger partial charge is 0.332 e. The van der Waals surface area contributed by atoms with Crippen molar-refractivity contribution < 1.29 is 9.18 Å². The first kappa shape index (κ1) is 21.6. The number of halogens is 1. The minimum absolute atomic E-state index is 0.0368. The molecule has 1 aliphatic rings. The molecule has 0 unspecified atom stereocenters. The van der Waals surface area contributed by atoms with Gasteiger partial charge in [-0.05, 0) is 81.0 Å². The molecule has 7 heteroatoms. The van der Waals surface area contributed by atoms with Crippen LogP contribution in [0.4, 0.5) is 4.39 Å². The number of rotatable bonds is 6. The molecule has 4 rings (SSSR count). The van der Waals surface area contributed by atoms with Gasteiger partial charge < -0.3 is 9.88 Å². The second-order valence-corrected chi connectivity index (χ2v) is 8.55. The first-order chi connectivity index (χ1) is 15.0. The van der Waals surface area contributed by atoms with Gasteiger partial charge >= 0.3 is 0 Å². The maximum Gasteiger partial charge on any atom is 0.262 e. The number of fused-ring (bicyclic) bond motifs is 1. The molecule has 1 fully saturated rings. The normalized spacial score (nSPS) is 16.5. The van der Waals surface area contributed by atoms with E-state index in [1.54, 1.807) is 16.7 Å². The quantitative estimate of drug-likeness (QED) is 0.445. The molecule has 0 aliphatic carbocycles. The third-order valence-corrected chi connectivity index (χ3v) is 6.53. The number of likely N-dealkylation sites (tertiary alicyclic amines) is 1. The molecule has 1 aromatic heterocycles. The molecule has 0 spiro atoms. The van der Waals surface area contributed by atoms with E-state index in [1.165, 1.54) is 12.1 Å². The molecule has 31 heavy (non-hydrogen) atoms. The van der Waals surface area contributed by atoms with E-state index in [9.17, 15) is 14.0 Å². The van der Waals surface area contributed by atoms with Crippen LogP contribution in [0.3, 0.4) is 0 Å². The van der Waals surface area contributed by atoms with Crippen LogP contribution in [0.25, 0.3) is 10.9 Å². The standard InChI is InChI=1S/C24H26FN3O2S/c1-2-19(28-23(30)20-5-3-4-6-21(20)26-24(28)31)15-27-13-11-17(12-14-27)22(29)16-7-9-18(25)10-8-16/h3-10,17,19H,2,11-15H2,1H3,(H,26,31)/t19-/m0/s1. The smallest absolute Gasteiger partial charge is 0.262 e. The summed E-state index contributed by atoms with van der Waals surface area (Å²) < 4.78 is 15.3. The monoisotopic (exact) mass is 439 g/mol. The Bertz CT molecular complexity index is 1190. The average Bonchev–Trinajstić information content (AvgIpc) is 2.79. The van der Waals surface area contributed by atoms with Gasteiger partial charge in [0.2, 0.25) is 0 Å². The fourth-order valence-electron chi connectivity index (χ4n) is 4.43. The summed E-state index contributed by atoms with van der Waals surface area (Å²) >= 11 is 5.51. The van der Waals surface area contributed by atoms with Gasteiger partial charge in [0.05, 0.1) is 16.9 Å². The number of hydrogen-bond donors (Lipinski definition) is 1. The number of aromatic amines is 1. The zero-order valence-electron chi connectivity index (χ0n) is 17.5. The lowest BCUT2D eigenvalue weighted by Gasteiger charge is -2.34.